The van der Waals surface area contributed by atoms with Crippen LogP contribution >= 0.6 is 0 Å². The molecule has 0 aromatic heterocycles. The first kappa shape index (κ1) is 50.5. The molecule has 0 unspecified atom stereocenters. The van der Waals surface area contributed by atoms with E-state index >= 15 is 8.78 Å². The van der Waals surface area contributed by atoms with Gasteiger partial charge < -0.3 is 61.4 Å². The van der Waals surface area contributed by atoms with Gasteiger partial charge in [0.05, 0.1) is 19.9 Å². The maximum absolute atomic E-state index is 15.7. The Morgan fingerprint density at radius 3 is 1.79 bits per heavy atom. The van der Waals surface area contributed by atoms with Gasteiger partial charge in [0.2, 0.25) is 19.0 Å². The van der Waals surface area contributed by atoms with Gasteiger partial charge in [0.1, 0.15) is 43.4 Å². The lowest BCUT2D eigenvalue weighted by molar-refractivity contribution is -0.168. The van der Waals surface area contributed by atoms with Crippen LogP contribution in [0.25, 0.3) is 33.4 Å². The van der Waals surface area contributed by atoms with E-state index in [0.717, 1.165) is 57.2 Å². The first-order chi connectivity index (χ1) is 32.6. The summed E-state index contributed by atoms with van der Waals surface area (Å²) >= 11 is 0. The van der Waals surface area contributed by atoms with Crippen molar-refractivity contribution in [2.45, 2.75) is 13.8 Å². The van der Waals surface area contributed by atoms with E-state index in [1.165, 1.54) is 30.3 Å². The summed E-state index contributed by atoms with van der Waals surface area (Å²) in [5.74, 6) is -8.61. The number of carbonyl (C=O) groups is 7. The minimum absolute atomic E-state index is 0.00358. The summed E-state index contributed by atoms with van der Waals surface area (Å²) in [6.07, 6.45) is 0. The summed E-state index contributed by atoms with van der Waals surface area (Å²) in [7, 11) is 2.18. The first-order valence-corrected chi connectivity index (χ1v) is 19.8. The number of rotatable bonds is 23. The standard InChI is InChI=1S/C45H41F2NO20/c1-25(49)64-23-66-41(53)19-48(18-40(52)63-21-43(55)58-4)32-10-9-27(13-39(32)60-12-11-59-34-7-5-6-8-35(34)61-22-44(56)67-24-65-26(2)50)45-28-14-30(46)33(51)16-36(28)68-37-17-38(31(47)15-29(37)45)62-20-42(54)57-3/h5-10,13-17H,11-12,18-24H2,1-4H3. The van der Waals surface area contributed by atoms with E-state index in [4.69, 9.17) is 42.3 Å². The molecule has 0 atom stereocenters. The van der Waals surface area contributed by atoms with Gasteiger partial charge in [-0.15, -0.1) is 0 Å². The van der Waals surface area contributed by atoms with E-state index in [2.05, 4.69) is 14.2 Å². The number of para-hydroxylation sites is 2. The number of hydrogen-bond acceptors (Lipinski definition) is 21. The third-order valence-electron chi connectivity index (χ3n) is 8.97. The fourth-order valence-corrected chi connectivity index (χ4v) is 5.91. The molecule has 360 valence electrons. The second kappa shape index (κ2) is 24.1. The SMILES string of the molecule is COC(=O)COC(=O)CN(CC(=O)OCOC(C)=O)c1ccc(-c2c3cc(F)c(=O)cc-3oc3cc(OCC(=O)OC)c(F)cc23)cc1OCCOc1ccccc1OCC(=O)OCOC(C)=O. The second-order valence-corrected chi connectivity index (χ2v) is 13.6. The van der Waals surface area contributed by atoms with Gasteiger partial charge in [0.25, 0.3) is 0 Å². The molecule has 0 N–H and O–H groups in total. The van der Waals surface area contributed by atoms with Gasteiger partial charge in [-0.05, 0) is 42.0 Å². The molecular weight excluding hydrogens is 912 g/mol. The highest BCUT2D eigenvalue weighted by Crippen LogP contribution is 2.44. The van der Waals surface area contributed by atoms with E-state index in [1.54, 1.807) is 12.1 Å². The number of nitrogens with zero attached hydrogens (tertiary/aromatic N) is 1. The molecule has 0 radical (unpaired) electrons. The average molecular weight is 954 g/mol. The molecule has 5 rings (SSSR count). The summed E-state index contributed by atoms with van der Waals surface area (Å²) in [4.78, 5) is 97.8. The number of hydrogen-bond donors (Lipinski definition) is 0. The van der Waals surface area contributed by atoms with Gasteiger partial charge in [-0.3, -0.25) is 24.0 Å². The van der Waals surface area contributed by atoms with Gasteiger partial charge in [0.15, 0.2) is 48.7 Å². The maximum Gasteiger partial charge on any atom is 0.347 e. The van der Waals surface area contributed by atoms with Crippen molar-refractivity contribution in [1.29, 1.82) is 0 Å². The zero-order valence-electron chi connectivity index (χ0n) is 36.6. The van der Waals surface area contributed by atoms with Crippen LogP contribution in [-0.2, 0) is 66.7 Å². The Morgan fingerprint density at radius 1 is 0.574 bits per heavy atom. The highest BCUT2D eigenvalue weighted by molar-refractivity contribution is 6.03. The monoisotopic (exact) mass is 953 g/mol. The van der Waals surface area contributed by atoms with Gasteiger partial charge in [0, 0.05) is 42.5 Å². The predicted octanol–water partition coefficient (Wildman–Crippen LogP) is 3.88. The fraction of sp³-hybridized carbons (Fsp3) is 0.289. The van der Waals surface area contributed by atoms with Crippen molar-refractivity contribution < 1.29 is 98.9 Å². The number of fused-ring (bicyclic) bond motifs is 2. The van der Waals surface area contributed by atoms with Crippen molar-refractivity contribution in [3.8, 4) is 45.4 Å². The van der Waals surface area contributed by atoms with Crippen LogP contribution in [0, 0.1) is 11.6 Å². The lowest BCUT2D eigenvalue weighted by Crippen LogP contribution is -2.37. The Hall–Kier alpha value is -8.50. The van der Waals surface area contributed by atoms with Crippen LogP contribution in [0.4, 0.5) is 14.5 Å². The normalized spacial score (nSPS) is 10.6. The van der Waals surface area contributed by atoms with Crippen molar-refractivity contribution in [2.75, 3.05) is 78.8 Å². The zero-order valence-corrected chi connectivity index (χ0v) is 36.6. The van der Waals surface area contributed by atoms with Crippen molar-refractivity contribution in [1.82, 2.24) is 0 Å². The van der Waals surface area contributed by atoms with Crippen molar-refractivity contribution in [3.63, 3.8) is 0 Å². The highest BCUT2D eigenvalue weighted by atomic mass is 19.1. The number of anilines is 1. The molecule has 1 aliphatic carbocycles. The zero-order chi connectivity index (χ0) is 49.3. The summed E-state index contributed by atoms with van der Waals surface area (Å²) in [6.45, 7) is -3.21. The Balaban J connectivity index is 1.56. The summed E-state index contributed by atoms with van der Waals surface area (Å²) in [5, 5.41) is 0.0182. The molecular formula is C45H41F2NO20. The summed E-state index contributed by atoms with van der Waals surface area (Å²) < 4.78 is 92.9. The largest absolute Gasteiger partial charge is 0.488 e. The topological polar surface area (TPSA) is 254 Å². The minimum atomic E-state index is -1.18. The van der Waals surface area contributed by atoms with E-state index in [-0.39, 0.29) is 69.6 Å². The molecule has 1 heterocycles. The van der Waals surface area contributed by atoms with Crippen LogP contribution in [0.2, 0.25) is 0 Å². The lowest BCUT2D eigenvalue weighted by Gasteiger charge is -2.26. The second-order valence-electron chi connectivity index (χ2n) is 13.6. The third-order valence-corrected chi connectivity index (χ3v) is 8.97. The van der Waals surface area contributed by atoms with Crippen LogP contribution in [0.3, 0.4) is 0 Å². The Kier molecular flexibility index (Phi) is 17.9. The molecule has 0 amide bonds. The van der Waals surface area contributed by atoms with Gasteiger partial charge in [-0.1, -0.05) is 18.2 Å². The quantitative estimate of drug-likeness (QED) is 0.0296. The van der Waals surface area contributed by atoms with Crippen molar-refractivity contribution in [3.05, 3.63) is 88.6 Å². The molecule has 0 spiro atoms. The molecule has 23 heteroatoms. The van der Waals surface area contributed by atoms with Crippen LogP contribution in [0.15, 0.2) is 75.9 Å². The molecule has 1 aliphatic heterocycles. The Labute approximate surface area is 383 Å². The van der Waals surface area contributed by atoms with E-state index in [1.807, 2.05) is 0 Å². The van der Waals surface area contributed by atoms with E-state index < -0.39 is 111 Å². The van der Waals surface area contributed by atoms with Gasteiger partial charge in [-0.25, -0.2) is 23.2 Å². The smallest absolute Gasteiger partial charge is 0.347 e. The first-order valence-electron chi connectivity index (χ1n) is 19.8. The number of ether oxygens (including phenoxy) is 11. The van der Waals surface area contributed by atoms with Crippen LogP contribution in [-0.4, -0.2) is 116 Å². The predicted molar refractivity (Wildman–Crippen MR) is 226 cm³/mol. The number of esters is 7. The Morgan fingerprint density at radius 2 is 1.15 bits per heavy atom. The molecule has 21 nitrogen and oxygen atoms in total. The molecule has 3 aromatic carbocycles. The lowest BCUT2D eigenvalue weighted by atomic mass is 9.93. The maximum atomic E-state index is 15.7. The van der Waals surface area contributed by atoms with E-state index in [9.17, 15) is 38.4 Å². The molecule has 68 heavy (non-hydrogen) atoms. The number of halogens is 2. The molecule has 0 bridgehead atoms. The molecule has 3 aromatic rings. The minimum Gasteiger partial charge on any atom is -0.488 e. The molecule has 0 saturated carbocycles. The third kappa shape index (κ3) is 14.2. The van der Waals surface area contributed by atoms with E-state index in [0.29, 0.717) is 0 Å². The Bertz CT molecular complexity index is 2700. The van der Waals surface area contributed by atoms with Gasteiger partial charge in [-0.2, -0.15) is 0 Å². The van der Waals surface area contributed by atoms with Crippen LogP contribution in [0.5, 0.6) is 23.0 Å². The van der Waals surface area contributed by atoms with Crippen molar-refractivity contribution >= 4 is 58.4 Å². The van der Waals surface area contributed by atoms with Gasteiger partial charge >= 0.3 is 41.8 Å². The summed E-state index contributed by atoms with van der Waals surface area (Å²) in [6, 6.07) is 14.3. The van der Waals surface area contributed by atoms with Crippen LogP contribution in [0.1, 0.15) is 13.8 Å². The average Bonchev–Trinajstić information content (AvgIpc) is 3.30. The summed E-state index contributed by atoms with van der Waals surface area (Å²) in [5.41, 5.74) is -0.866. The van der Waals surface area contributed by atoms with Crippen molar-refractivity contribution in [2.24, 2.45) is 0 Å². The molecule has 0 saturated heterocycles. The van der Waals surface area contributed by atoms with Crippen LogP contribution < -0.4 is 29.3 Å². The fourth-order valence-electron chi connectivity index (χ4n) is 5.91. The highest BCUT2D eigenvalue weighted by Gasteiger charge is 2.26. The molecule has 0 fully saturated rings. The molecule has 2 aliphatic rings. The number of carbonyl (C=O) groups excluding carboxylic acids is 7. The number of methoxy groups -OCH3 is 2. The number of benzene rings is 4.